The molecule has 1 amide bonds. The summed E-state index contributed by atoms with van der Waals surface area (Å²) in [7, 11) is 0. The average molecular weight is 318 g/mol. The first-order valence-corrected chi connectivity index (χ1v) is 7.72. The lowest BCUT2D eigenvalue weighted by Gasteiger charge is -2.18. The Morgan fingerprint density at radius 1 is 1.27 bits per heavy atom. The maximum absolute atomic E-state index is 12.3. The number of halogens is 1. The fourth-order valence-electron chi connectivity index (χ4n) is 2.20. The maximum atomic E-state index is 12.3. The van der Waals surface area contributed by atoms with E-state index >= 15 is 0 Å². The summed E-state index contributed by atoms with van der Waals surface area (Å²) in [4.78, 5) is 18.3. The second kappa shape index (κ2) is 7.27. The van der Waals surface area contributed by atoms with Gasteiger partial charge in [-0.15, -0.1) is 0 Å². The Balaban J connectivity index is 2.25. The second-order valence-corrected chi connectivity index (χ2v) is 5.35. The third-order valence-corrected chi connectivity index (χ3v) is 3.99. The highest BCUT2D eigenvalue weighted by Crippen LogP contribution is 2.26. The molecule has 0 spiro atoms. The Kier molecular flexibility index (Phi) is 5.39. The van der Waals surface area contributed by atoms with Gasteiger partial charge >= 0.3 is 0 Å². The number of hydrogen-bond donors (Lipinski definition) is 1. The lowest BCUT2D eigenvalue weighted by atomic mass is 10.2. The van der Waals surface area contributed by atoms with E-state index in [2.05, 4.69) is 10.3 Å². The van der Waals surface area contributed by atoms with Crippen molar-refractivity contribution in [2.45, 2.75) is 20.8 Å². The summed E-state index contributed by atoms with van der Waals surface area (Å²) in [6.45, 7) is 7.20. The summed E-state index contributed by atoms with van der Waals surface area (Å²) in [6, 6.07) is 9.29. The van der Waals surface area contributed by atoms with Crippen molar-refractivity contribution in [3.8, 4) is 0 Å². The highest BCUT2D eigenvalue weighted by Gasteiger charge is 2.14. The van der Waals surface area contributed by atoms with Gasteiger partial charge in [0.15, 0.2) is 0 Å². The molecule has 0 aliphatic rings. The molecule has 4 nitrogen and oxygen atoms in total. The molecule has 22 heavy (non-hydrogen) atoms. The summed E-state index contributed by atoms with van der Waals surface area (Å²) >= 11 is 6.13. The molecule has 1 aromatic heterocycles. The Labute approximate surface area is 136 Å². The smallest absolute Gasteiger partial charge is 0.272 e. The molecule has 1 N–H and O–H groups in total. The Morgan fingerprint density at radius 2 is 2.00 bits per heavy atom. The number of carbonyl (C=O) groups is 1. The predicted octanol–water partition coefficient (Wildman–Crippen LogP) is 4.27. The van der Waals surface area contributed by atoms with Crippen molar-refractivity contribution in [1.29, 1.82) is 0 Å². The molecule has 1 heterocycles. The van der Waals surface area contributed by atoms with E-state index in [0.717, 1.165) is 16.9 Å². The molecule has 0 unspecified atom stereocenters. The van der Waals surface area contributed by atoms with Gasteiger partial charge in [-0.2, -0.15) is 0 Å². The number of carbonyl (C=O) groups excluding carboxylic acids is 1. The fourth-order valence-corrected chi connectivity index (χ4v) is 2.37. The van der Waals surface area contributed by atoms with Crippen molar-refractivity contribution in [3.63, 3.8) is 0 Å². The van der Waals surface area contributed by atoms with Crippen molar-refractivity contribution in [2.75, 3.05) is 18.4 Å². The highest BCUT2D eigenvalue weighted by molar-refractivity contribution is 6.31. The number of rotatable bonds is 5. The van der Waals surface area contributed by atoms with E-state index in [-0.39, 0.29) is 5.91 Å². The first-order valence-electron chi connectivity index (χ1n) is 7.34. The van der Waals surface area contributed by atoms with Crippen molar-refractivity contribution in [3.05, 3.63) is 52.8 Å². The van der Waals surface area contributed by atoms with Gasteiger partial charge in [0.2, 0.25) is 0 Å². The minimum Gasteiger partial charge on any atom is -0.355 e. The molecule has 5 heteroatoms. The first-order chi connectivity index (χ1) is 10.6. The van der Waals surface area contributed by atoms with Crippen LogP contribution >= 0.6 is 11.6 Å². The van der Waals surface area contributed by atoms with Gasteiger partial charge in [-0.25, -0.2) is 0 Å². The quantitative estimate of drug-likeness (QED) is 0.895. The minimum atomic E-state index is -0.0588. The maximum Gasteiger partial charge on any atom is 0.272 e. The fraction of sp³-hybridized carbons (Fsp3) is 0.294. The largest absolute Gasteiger partial charge is 0.355 e. The minimum absolute atomic E-state index is 0.0588. The zero-order chi connectivity index (χ0) is 16.1. The summed E-state index contributed by atoms with van der Waals surface area (Å²) in [5.74, 6) is -0.0588. The summed E-state index contributed by atoms with van der Waals surface area (Å²) in [5.41, 5.74) is 3.14. The molecule has 2 aromatic rings. The molecule has 0 aliphatic carbocycles. The monoisotopic (exact) mass is 317 g/mol. The van der Waals surface area contributed by atoms with Crippen LogP contribution in [0.15, 0.2) is 36.5 Å². The van der Waals surface area contributed by atoms with Gasteiger partial charge in [0.05, 0.1) is 0 Å². The number of nitrogens with zero attached hydrogens (tertiary/aromatic N) is 2. The highest BCUT2D eigenvalue weighted by atomic mass is 35.5. The third-order valence-electron chi connectivity index (χ3n) is 3.58. The van der Waals surface area contributed by atoms with Crippen molar-refractivity contribution in [1.82, 2.24) is 9.88 Å². The lowest BCUT2D eigenvalue weighted by Crippen LogP contribution is -2.31. The van der Waals surface area contributed by atoms with Crippen molar-refractivity contribution in [2.24, 2.45) is 0 Å². The van der Waals surface area contributed by atoms with E-state index in [9.17, 15) is 4.79 Å². The summed E-state index contributed by atoms with van der Waals surface area (Å²) in [5, 5.41) is 4.00. The van der Waals surface area contributed by atoms with Crippen LogP contribution in [-0.4, -0.2) is 28.9 Å². The molecular weight excluding hydrogens is 298 g/mol. The Morgan fingerprint density at radius 3 is 2.68 bits per heavy atom. The number of nitrogens with one attached hydrogen (secondary N) is 1. The number of aromatic nitrogens is 1. The standard InChI is InChI=1S/C17H20ClN3O/c1-4-21(5-2)17(22)16-11-13(9-10-19-16)20-15-8-6-7-14(18)12(15)3/h6-11H,4-5H2,1-3H3,(H,19,20). The van der Waals surface area contributed by atoms with Crippen LogP contribution in [0.5, 0.6) is 0 Å². The average Bonchev–Trinajstić information content (AvgIpc) is 2.53. The normalized spacial score (nSPS) is 10.4. The van der Waals surface area contributed by atoms with Gasteiger partial charge < -0.3 is 10.2 Å². The molecule has 116 valence electrons. The predicted molar refractivity (Wildman–Crippen MR) is 91.0 cm³/mol. The van der Waals surface area contributed by atoms with Crippen LogP contribution in [0.1, 0.15) is 29.9 Å². The van der Waals surface area contributed by atoms with Gasteiger partial charge in [-0.05, 0) is 50.6 Å². The number of pyridine rings is 1. The summed E-state index contributed by atoms with van der Waals surface area (Å²) in [6.07, 6.45) is 1.64. The van der Waals surface area contributed by atoms with Gasteiger partial charge in [-0.1, -0.05) is 17.7 Å². The molecule has 1 aromatic carbocycles. The molecular formula is C17H20ClN3O. The van der Waals surface area contributed by atoms with E-state index in [1.165, 1.54) is 0 Å². The Bertz CT molecular complexity index is 669. The number of anilines is 2. The van der Waals surface area contributed by atoms with Crippen LogP contribution in [0.25, 0.3) is 0 Å². The van der Waals surface area contributed by atoms with Crippen molar-refractivity contribution < 1.29 is 4.79 Å². The van der Waals surface area contributed by atoms with Crippen LogP contribution in [-0.2, 0) is 0 Å². The molecule has 0 radical (unpaired) electrons. The molecule has 2 rings (SSSR count). The van der Waals surface area contributed by atoms with Crippen LogP contribution in [0.3, 0.4) is 0 Å². The number of hydrogen-bond acceptors (Lipinski definition) is 3. The van der Waals surface area contributed by atoms with E-state index < -0.39 is 0 Å². The van der Waals surface area contributed by atoms with Crippen LogP contribution in [0.4, 0.5) is 11.4 Å². The van der Waals surface area contributed by atoms with Gasteiger partial charge in [-0.3, -0.25) is 9.78 Å². The third kappa shape index (κ3) is 3.57. The zero-order valence-electron chi connectivity index (χ0n) is 13.1. The number of benzene rings is 1. The van der Waals surface area contributed by atoms with Crippen LogP contribution in [0.2, 0.25) is 5.02 Å². The van der Waals surface area contributed by atoms with E-state index in [4.69, 9.17) is 11.6 Å². The van der Waals surface area contributed by atoms with Gasteiger partial charge in [0.1, 0.15) is 5.69 Å². The van der Waals surface area contributed by atoms with E-state index in [1.54, 1.807) is 17.2 Å². The number of amides is 1. The molecule has 0 saturated carbocycles. The summed E-state index contributed by atoms with van der Waals surface area (Å²) < 4.78 is 0. The first kappa shape index (κ1) is 16.3. The topological polar surface area (TPSA) is 45.2 Å². The van der Waals surface area contributed by atoms with Gasteiger partial charge in [0, 0.05) is 35.7 Å². The van der Waals surface area contributed by atoms with E-state index in [1.807, 2.05) is 45.0 Å². The molecule has 0 aliphatic heterocycles. The van der Waals surface area contributed by atoms with Crippen LogP contribution < -0.4 is 5.32 Å². The molecule has 0 bridgehead atoms. The van der Waals surface area contributed by atoms with Crippen LogP contribution in [0, 0.1) is 6.92 Å². The second-order valence-electron chi connectivity index (χ2n) is 4.94. The SMILES string of the molecule is CCN(CC)C(=O)c1cc(Nc2cccc(Cl)c2C)ccn1. The van der Waals surface area contributed by atoms with Gasteiger partial charge in [0.25, 0.3) is 5.91 Å². The van der Waals surface area contributed by atoms with E-state index in [0.29, 0.717) is 23.8 Å². The zero-order valence-corrected chi connectivity index (χ0v) is 13.8. The van der Waals surface area contributed by atoms with Crippen molar-refractivity contribution >= 4 is 28.9 Å². The molecule has 0 saturated heterocycles. The molecule has 0 atom stereocenters. The lowest BCUT2D eigenvalue weighted by molar-refractivity contribution is 0.0767. The molecule has 0 fully saturated rings. The Hall–Kier alpha value is -2.07.